The van der Waals surface area contributed by atoms with Crippen molar-refractivity contribution in [1.82, 2.24) is 0 Å². The zero-order chi connectivity index (χ0) is 37.1. The number of benzene rings is 8. The summed E-state index contributed by atoms with van der Waals surface area (Å²) < 4.78 is 0. The summed E-state index contributed by atoms with van der Waals surface area (Å²) in [5.41, 5.74) is 11.9. The molecule has 2 heteroatoms. The average Bonchev–Trinajstić information content (AvgIpc) is 3.26. The first-order valence-corrected chi connectivity index (χ1v) is 19.2. The Morgan fingerprint density at radius 1 is 0.236 bits per heavy atom. The van der Waals surface area contributed by atoms with Gasteiger partial charge in [-0.1, -0.05) is 206 Å². The molecule has 55 heavy (non-hydrogen) atoms. The Morgan fingerprint density at radius 2 is 0.455 bits per heavy atom. The molecule has 2 nitrogen and oxygen atoms in total. The summed E-state index contributed by atoms with van der Waals surface area (Å²) in [4.78, 5) is 4.95. The van der Waals surface area contributed by atoms with Gasteiger partial charge < -0.3 is 9.80 Å². The lowest BCUT2D eigenvalue weighted by Crippen LogP contribution is -2.31. The number of rotatable bonds is 14. The van der Waals surface area contributed by atoms with E-state index in [0.29, 0.717) is 0 Å². The van der Waals surface area contributed by atoms with Gasteiger partial charge in [0, 0.05) is 37.6 Å². The Bertz CT molecular complexity index is 2070. The van der Waals surface area contributed by atoms with E-state index in [2.05, 4.69) is 240 Å². The van der Waals surface area contributed by atoms with Crippen LogP contribution in [0.5, 0.6) is 0 Å². The minimum atomic E-state index is -0.549. The molecule has 0 radical (unpaired) electrons. The Hall–Kier alpha value is -6.64. The number of hydrogen-bond donors (Lipinski definition) is 0. The molecule has 0 saturated heterocycles. The van der Waals surface area contributed by atoms with E-state index in [1.165, 1.54) is 55.9 Å². The lowest BCUT2D eigenvalue weighted by Gasteiger charge is -2.37. The predicted octanol–water partition coefficient (Wildman–Crippen LogP) is 12.5. The lowest BCUT2D eigenvalue weighted by atomic mass is 9.65. The molecule has 268 valence electrons. The number of nitrogens with zero attached hydrogens (tertiary/aromatic N) is 2. The maximum Gasteiger partial charge on any atom is 0.0701 e. The average molecular weight is 711 g/mol. The Labute approximate surface area is 326 Å². The first-order chi connectivity index (χ1) is 27.3. The summed E-state index contributed by atoms with van der Waals surface area (Å²) in [6.45, 7) is 3.28. The molecule has 0 aliphatic rings. The molecular weight excluding hydrogens is 665 g/mol. The van der Waals surface area contributed by atoms with Gasteiger partial charge >= 0.3 is 0 Å². The van der Waals surface area contributed by atoms with Gasteiger partial charge in [-0.3, -0.25) is 0 Å². The van der Waals surface area contributed by atoms with E-state index in [1.807, 2.05) is 0 Å². The topological polar surface area (TPSA) is 6.48 Å². The molecule has 0 N–H and O–H groups in total. The molecule has 0 aliphatic heterocycles. The Balaban J connectivity index is 1.22. The number of anilines is 2. The van der Waals surface area contributed by atoms with Crippen molar-refractivity contribution in [3.05, 3.63) is 275 Å². The van der Waals surface area contributed by atoms with Crippen LogP contribution in [0.25, 0.3) is 0 Å². The van der Waals surface area contributed by atoms with E-state index in [1.54, 1.807) is 0 Å². The molecule has 0 aliphatic carbocycles. The monoisotopic (exact) mass is 710 g/mol. The molecule has 0 aromatic heterocycles. The van der Waals surface area contributed by atoms with Gasteiger partial charge in [0.15, 0.2) is 0 Å². The maximum absolute atomic E-state index is 2.48. The summed E-state index contributed by atoms with van der Waals surface area (Å²) in [5, 5.41) is 0. The van der Waals surface area contributed by atoms with Crippen LogP contribution in [0.2, 0.25) is 0 Å². The fourth-order valence-electron chi connectivity index (χ4n) is 7.91. The van der Waals surface area contributed by atoms with Crippen molar-refractivity contribution < 1.29 is 0 Å². The van der Waals surface area contributed by atoms with Gasteiger partial charge in [0.1, 0.15) is 0 Å². The summed E-state index contributed by atoms with van der Waals surface area (Å²) in [6, 6.07) is 83.8. The fraction of sp³-hybridized carbons (Fsp3) is 0.0943. The first-order valence-electron chi connectivity index (χ1n) is 19.2. The highest BCUT2D eigenvalue weighted by Crippen LogP contribution is 2.46. The van der Waals surface area contributed by atoms with Gasteiger partial charge in [0.05, 0.1) is 5.41 Å². The molecule has 0 fully saturated rings. The SMILES string of the molecule is c1ccc(CN(Cc2ccccc2)c2ccc(C(c3ccccc3)(c3ccccc3)c3ccc(N(Cc4ccccc4)Cc4ccccc4)cc3)cc2)cc1. The minimum absolute atomic E-state index is 0.549. The summed E-state index contributed by atoms with van der Waals surface area (Å²) in [5.74, 6) is 0. The van der Waals surface area contributed by atoms with E-state index < -0.39 is 5.41 Å². The van der Waals surface area contributed by atoms with E-state index in [-0.39, 0.29) is 0 Å². The molecule has 0 amide bonds. The third-order valence-corrected chi connectivity index (χ3v) is 10.6. The van der Waals surface area contributed by atoms with Crippen molar-refractivity contribution in [3.8, 4) is 0 Å². The van der Waals surface area contributed by atoms with Crippen LogP contribution >= 0.6 is 0 Å². The molecule has 0 spiro atoms. The fourth-order valence-corrected chi connectivity index (χ4v) is 7.91. The Morgan fingerprint density at radius 3 is 0.709 bits per heavy atom. The zero-order valence-corrected chi connectivity index (χ0v) is 31.2. The largest absolute Gasteiger partial charge is 0.363 e. The molecule has 8 aromatic rings. The van der Waals surface area contributed by atoms with Crippen LogP contribution in [0.3, 0.4) is 0 Å². The minimum Gasteiger partial charge on any atom is -0.363 e. The van der Waals surface area contributed by atoms with Crippen molar-refractivity contribution in [2.24, 2.45) is 0 Å². The summed E-state index contributed by atoms with van der Waals surface area (Å²) in [6.07, 6.45) is 0. The standard InChI is InChI=1S/C53H46N2/c1-7-19-43(20-8-1)39-54(40-44-21-9-2-10-22-44)51-35-31-49(32-36-51)53(47-27-15-5-16-28-47,48-29-17-6-18-30-48)50-33-37-52(38-34-50)55(41-45-23-11-3-12-24-45)42-46-25-13-4-14-26-46/h1-38H,39-42H2. The van der Waals surface area contributed by atoms with Crippen LogP contribution in [0.15, 0.2) is 231 Å². The van der Waals surface area contributed by atoms with Gasteiger partial charge in [0.2, 0.25) is 0 Å². The van der Waals surface area contributed by atoms with E-state index in [9.17, 15) is 0 Å². The molecule has 8 aromatic carbocycles. The summed E-state index contributed by atoms with van der Waals surface area (Å²) >= 11 is 0. The van der Waals surface area contributed by atoms with Gasteiger partial charge in [-0.25, -0.2) is 0 Å². The highest BCUT2D eigenvalue weighted by molar-refractivity contribution is 5.63. The normalized spacial score (nSPS) is 11.2. The van der Waals surface area contributed by atoms with Gasteiger partial charge in [-0.15, -0.1) is 0 Å². The van der Waals surface area contributed by atoms with Gasteiger partial charge in [-0.05, 0) is 68.8 Å². The highest BCUT2D eigenvalue weighted by atomic mass is 15.1. The zero-order valence-electron chi connectivity index (χ0n) is 31.2. The predicted molar refractivity (Wildman–Crippen MR) is 230 cm³/mol. The van der Waals surface area contributed by atoms with E-state index in [0.717, 1.165) is 26.2 Å². The third kappa shape index (κ3) is 8.15. The Kier molecular flexibility index (Phi) is 10.9. The lowest BCUT2D eigenvalue weighted by molar-refractivity contribution is 0.741. The van der Waals surface area contributed by atoms with Crippen molar-refractivity contribution in [1.29, 1.82) is 0 Å². The quantitative estimate of drug-likeness (QED) is 0.104. The second-order valence-electron chi connectivity index (χ2n) is 14.2. The molecule has 0 saturated carbocycles. The smallest absolute Gasteiger partial charge is 0.0701 e. The second kappa shape index (κ2) is 17.0. The molecular formula is C53H46N2. The van der Waals surface area contributed by atoms with Gasteiger partial charge in [-0.2, -0.15) is 0 Å². The number of hydrogen-bond acceptors (Lipinski definition) is 2. The van der Waals surface area contributed by atoms with Crippen molar-refractivity contribution in [2.45, 2.75) is 31.6 Å². The molecule has 8 rings (SSSR count). The van der Waals surface area contributed by atoms with Crippen LogP contribution in [-0.2, 0) is 31.6 Å². The molecule has 0 heterocycles. The van der Waals surface area contributed by atoms with Crippen molar-refractivity contribution >= 4 is 11.4 Å². The van der Waals surface area contributed by atoms with E-state index in [4.69, 9.17) is 0 Å². The maximum atomic E-state index is 2.48. The summed E-state index contributed by atoms with van der Waals surface area (Å²) in [7, 11) is 0. The van der Waals surface area contributed by atoms with Crippen molar-refractivity contribution in [3.63, 3.8) is 0 Å². The van der Waals surface area contributed by atoms with E-state index >= 15 is 0 Å². The molecule has 0 bridgehead atoms. The van der Waals surface area contributed by atoms with Crippen LogP contribution in [-0.4, -0.2) is 0 Å². The van der Waals surface area contributed by atoms with Gasteiger partial charge in [0.25, 0.3) is 0 Å². The molecule has 0 atom stereocenters. The molecule has 0 unspecified atom stereocenters. The third-order valence-electron chi connectivity index (χ3n) is 10.6. The van der Waals surface area contributed by atoms with Crippen LogP contribution in [0, 0.1) is 0 Å². The van der Waals surface area contributed by atoms with Crippen LogP contribution in [0.1, 0.15) is 44.5 Å². The van der Waals surface area contributed by atoms with Crippen LogP contribution < -0.4 is 9.80 Å². The first kappa shape index (κ1) is 35.4. The van der Waals surface area contributed by atoms with Crippen LogP contribution in [0.4, 0.5) is 11.4 Å². The second-order valence-corrected chi connectivity index (χ2v) is 14.2. The highest BCUT2D eigenvalue weighted by Gasteiger charge is 2.38. The van der Waals surface area contributed by atoms with Crippen molar-refractivity contribution in [2.75, 3.05) is 9.80 Å².